The molecule has 3 aromatic heterocycles. The van der Waals surface area contributed by atoms with E-state index < -0.39 is 0 Å². The zero-order valence-corrected chi connectivity index (χ0v) is 17.9. The average Bonchev–Trinajstić information content (AvgIpc) is 3.45. The first-order valence-electron chi connectivity index (χ1n) is 9.16. The van der Waals surface area contributed by atoms with Gasteiger partial charge in [0.05, 0.1) is 0 Å². The van der Waals surface area contributed by atoms with Crippen LogP contribution in [0.1, 0.15) is 17.1 Å². The number of hydrogen-bond acceptors (Lipinski definition) is 5. The van der Waals surface area contributed by atoms with Crippen LogP contribution in [-0.4, -0.2) is 14.6 Å². The first-order valence-corrected chi connectivity index (χ1v) is 10.8. The smallest absolute Gasteiger partial charge is 0.291 e. The van der Waals surface area contributed by atoms with Gasteiger partial charge in [0.15, 0.2) is 5.82 Å². The van der Waals surface area contributed by atoms with Gasteiger partial charge < -0.3 is 4.42 Å². The fourth-order valence-corrected chi connectivity index (χ4v) is 4.31. The summed E-state index contributed by atoms with van der Waals surface area (Å²) in [6, 6.07) is 21.5. The van der Waals surface area contributed by atoms with Gasteiger partial charge in [-0.25, -0.2) is 0 Å². The Morgan fingerprint density at radius 3 is 2.67 bits per heavy atom. The molecule has 5 aromatic rings. The Kier molecular flexibility index (Phi) is 4.90. The van der Waals surface area contributed by atoms with Crippen LogP contribution >= 0.6 is 27.3 Å². The highest BCUT2D eigenvalue weighted by Crippen LogP contribution is 2.25. The van der Waals surface area contributed by atoms with E-state index in [1.165, 1.54) is 15.9 Å². The third kappa shape index (κ3) is 3.77. The number of halogens is 1. The van der Waals surface area contributed by atoms with Gasteiger partial charge in [0, 0.05) is 16.1 Å². The minimum absolute atomic E-state index is 0.206. The topological polar surface area (TPSA) is 60.4 Å². The summed E-state index contributed by atoms with van der Waals surface area (Å²) in [5.41, 5.74) is 1.80. The van der Waals surface area contributed by atoms with Gasteiger partial charge >= 0.3 is 0 Å². The molecule has 0 aliphatic rings. The molecule has 5 rings (SSSR count). The summed E-state index contributed by atoms with van der Waals surface area (Å²) in [5, 5.41) is 4.31. The van der Waals surface area contributed by atoms with Crippen LogP contribution < -0.4 is 10.1 Å². The second-order valence-corrected chi connectivity index (χ2v) is 8.46. The molecule has 0 saturated carbocycles. The fourth-order valence-electron chi connectivity index (χ4n) is 3.01. The Morgan fingerprint density at radius 2 is 1.87 bits per heavy atom. The molecule has 0 saturated heterocycles. The van der Waals surface area contributed by atoms with E-state index in [0.29, 0.717) is 21.1 Å². The molecule has 0 radical (unpaired) electrons. The molecule has 0 bridgehead atoms. The van der Waals surface area contributed by atoms with Crippen molar-refractivity contribution in [2.75, 3.05) is 0 Å². The van der Waals surface area contributed by atoms with Gasteiger partial charge in [0.25, 0.3) is 5.56 Å². The minimum atomic E-state index is -0.206. The Hall–Kier alpha value is -3.29. The first kappa shape index (κ1) is 18.7. The molecule has 3 heterocycles. The lowest BCUT2D eigenvalue weighted by atomic mass is 10.2. The number of aromatic nitrogens is 3. The highest BCUT2D eigenvalue weighted by molar-refractivity contribution is 9.10. The lowest BCUT2D eigenvalue weighted by molar-refractivity contribution is 0.571. The molecule has 7 heteroatoms. The summed E-state index contributed by atoms with van der Waals surface area (Å²) in [6.45, 7) is 0. The summed E-state index contributed by atoms with van der Waals surface area (Å²) in [6.07, 6.45) is 5.45. The van der Waals surface area contributed by atoms with E-state index in [2.05, 4.69) is 26.0 Å². The van der Waals surface area contributed by atoms with Crippen LogP contribution in [0.4, 0.5) is 0 Å². The van der Waals surface area contributed by atoms with Crippen molar-refractivity contribution in [1.82, 2.24) is 14.6 Å². The maximum atomic E-state index is 12.7. The third-order valence-electron chi connectivity index (χ3n) is 4.43. The fraction of sp³-hybridized carbons (Fsp3) is 0. The first-order chi connectivity index (χ1) is 14.7. The zero-order chi connectivity index (χ0) is 20.5. The molecule has 0 atom stereocenters. The average molecular weight is 476 g/mol. The van der Waals surface area contributed by atoms with Gasteiger partial charge in [-0.1, -0.05) is 75.8 Å². The molecule has 0 amide bonds. The summed E-state index contributed by atoms with van der Waals surface area (Å²) in [5.74, 6) is 1.85. The SMILES string of the molecule is O=c1/c(=C/c2ccc(-c3cccc(Br)c3)o2)sc2nc(/C=C/c3ccccc3)nn12. The maximum absolute atomic E-state index is 12.7. The molecule has 0 N–H and O–H groups in total. The number of thiazole rings is 1. The van der Waals surface area contributed by atoms with Crippen LogP contribution in [-0.2, 0) is 0 Å². The number of benzene rings is 2. The van der Waals surface area contributed by atoms with Crippen LogP contribution in [0, 0.1) is 0 Å². The second kappa shape index (κ2) is 7.85. The summed E-state index contributed by atoms with van der Waals surface area (Å²) < 4.78 is 8.74. The Labute approximate surface area is 183 Å². The number of rotatable bonds is 4. The highest BCUT2D eigenvalue weighted by atomic mass is 79.9. The zero-order valence-electron chi connectivity index (χ0n) is 15.5. The molecule has 0 unspecified atom stereocenters. The summed E-state index contributed by atoms with van der Waals surface area (Å²) >= 11 is 4.75. The van der Waals surface area contributed by atoms with Crippen LogP contribution in [0.25, 0.3) is 34.5 Å². The largest absolute Gasteiger partial charge is 0.457 e. The minimum Gasteiger partial charge on any atom is -0.457 e. The molecule has 0 aliphatic carbocycles. The van der Waals surface area contributed by atoms with E-state index in [1.54, 1.807) is 12.2 Å². The van der Waals surface area contributed by atoms with Gasteiger partial charge in [0.1, 0.15) is 16.1 Å². The van der Waals surface area contributed by atoms with Crippen molar-refractivity contribution in [2.45, 2.75) is 0 Å². The van der Waals surface area contributed by atoms with Gasteiger partial charge in [0.2, 0.25) is 4.96 Å². The monoisotopic (exact) mass is 475 g/mol. The van der Waals surface area contributed by atoms with Crippen LogP contribution in [0.5, 0.6) is 0 Å². The quantitative estimate of drug-likeness (QED) is 0.371. The van der Waals surface area contributed by atoms with E-state index in [4.69, 9.17) is 4.42 Å². The molecule has 0 spiro atoms. The molecule has 146 valence electrons. The highest BCUT2D eigenvalue weighted by Gasteiger charge is 2.10. The summed E-state index contributed by atoms with van der Waals surface area (Å²) in [4.78, 5) is 17.7. The number of nitrogens with zero attached hydrogens (tertiary/aromatic N) is 3. The predicted octanol–water partition coefficient (Wildman–Crippen LogP) is 4.89. The second-order valence-electron chi connectivity index (χ2n) is 6.54. The van der Waals surface area contributed by atoms with Crippen LogP contribution in [0.3, 0.4) is 0 Å². The van der Waals surface area contributed by atoms with Crippen molar-refractivity contribution in [1.29, 1.82) is 0 Å². The van der Waals surface area contributed by atoms with Crippen molar-refractivity contribution in [3.8, 4) is 11.3 Å². The molecule has 0 fully saturated rings. The van der Waals surface area contributed by atoms with Gasteiger partial charge in [-0.15, -0.1) is 5.10 Å². The van der Waals surface area contributed by atoms with E-state index in [0.717, 1.165) is 21.4 Å². The predicted molar refractivity (Wildman–Crippen MR) is 123 cm³/mol. The van der Waals surface area contributed by atoms with E-state index in [9.17, 15) is 4.79 Å². The molecular formula is C23H14BrN3O2S. The standard InChI is InChI=1S/C23H14BrN3O2S/c24-17-8-4-7-16(13-17)19-11-10-18(29-19)14-20-22(28)27-23(30-20)25-21(26-27)12-9-15-5-2-1-3-6-15/h1-14H/b12-9+,20-14-. The summed E-state index contributed by atoms with van der Waals surface area (Å²) in [7, 11) is 0. The van der Waals surface area contributed by atoms with Gasteiger partial charge in [-0.2, -0.15) is 9.50 Å². The molecule has 5 nitrogen and oxygen atoms in total. The van der Waals surface area contributed by atoms with Crippen molar-refractivity contribution < 1.29 is 4.42 Å². The van der Waals surface area contributed by atoms with Gasteiger partial charge in [-0.3, -0.25) is 4.79 Å². The van der Waals surface area contributed by atoms with E-state index >= 15 is 0 Å². The van der Waals surface area contributed by atoms with Crippen LogP contribution in [0.15, 0.2) is 80.4 Å². The Morgan fingerprint density at radius 1 is 1.00 bits per heavy atom. The van der Waals surface area contributed by atoms with Crippen molar-refractivity contribution >= 4 is 50.5 Å². The lowest BCUT2D eigenvalue weighted by Crippen LogP contribution is -2.23. The lowest BCUT2D eigenvalue weighted by Gasteiger charge is -1.96. The number of hydrogen-bond donors (Lipinski definition) is 0. The molecular weight excluding hydrogens is 462 g/mol. The molecule has 30 heavy (non-hydrogen) atoms. The van der Waals surface area contributed by atoms with Crippen molar-refractivity contribution in [3.63, 3.8) is 0 Å². The molecule has 2 aromatic carbocycles. The third-order valence-corrected chi connectivity index (χ3v) is 5.88. The van der Waals surface area contributed by atoms with Crippen LogP contribution in [0.2, 0.25) is 0 Å². The Balaban J connectivity index is 1.45. The van der Waals surface area contributed by atoms with Gasteiger partial charge in [-0.05, 0) is 35.9 Å². The number of fused-ring (bicyclic) bond motifs is 1. The van der Waals surface area contributed by atoms with E-state index in [-0.39, 0.29) is 5.56 Å². The maximum Gasteiger partial charge on any atom is 0.291 e. The number of furan rings is 1. The van der Waals surface area contributed by atoms with Crippen molar-refractivity contribution in [2.24, 2.45) is 0 Å². The Bertz CT molecular complexity index is 1480. The van der Waals surface area contributed by atoms with Crippen molar-refractivity contribution in [3.05, 3.63) is 103 Å². The van der Waals surface area contributed by atoms with E-state index in [1.807, 2.05) is 72.8 Å². The normalized spacial score (nSPS) is 12.4. The molecule has 0 aliphatic heterocycles.